The first-order valence-electron chi connectivity index (χ1n) is 7.98. The normalized spacial score (nSPS) is 24.9. The minimum atomic E-state index is -0.269. The zero-order valence-corrected chi connectivity index (χ0v) is 13.0. The molecule has 0 radical (unpaired) electrons. The maximum Gasteiger partial charge on any atom is 0.123 e. The average molecular weight is 315 g/mol. The Balaban J connectivity index is 1.85. The fourth-order valence-electron chi connectivity index (χ4n) is 3.67. The number of aliphatic hydroxyl groups is 2. The highest BCUT2D eigenvalue weighted by Gasteiger charge is 2.41. The summed E-state index contributed by atoms with van der Waals surface area (Å²) in [5, 5.41) is 19.7. The van der Waals surface area contributed by atoms with E-state index >= 15 is 0 Å². The largest absolute Gasteiger partial charge is 0.396 e. The van der Waals surface area contributed by atoms with Crippen molar-refractivity contribution < 1.29 is 14.6 Å². The van der Waals surface area contributed by atoms with Gasteiger partial charge < -0.3 is 10.2 Å². The van der Waals surface area contributed by atoms with E-state index < -0.39 is 0 Å². The first-order chi connectivity index (χ1) is 11.2. The molecule has 0 aromatic heterocycles. The molecule has 2 N–H and O–H groups in total. The molecule has 0 saturated carbocycles. The predicted molar refractivity (Wildman–Crippen MR) is 87.4 cm³/mol. The molecule has 1 aliphatic heterocycles. The van der Waals surface area contributed by atoms with Crippen molar-refractivity contribution in [2.45, 2.75) is 18.5 Å². The van der Waals surface area contributed by atoms with Crippen molar-refractivity contribution in [3.8, 4) is 0 Å². The number of rotatable bonds is 5. The maximum atomic E-state index is 13.2. The third kappa shape index (κ3) is 3.44. The van der Waals surface area contributed by atoms with Gasteiger partial charge in [-0.25, -0.2) is 4.39 Å². The first-order valence-corrected chi connectivity index (χ1v) is 7.98. The molecule has 0 aliphatic carbocycles. The number of hydrogen-bond acceptors (Lipinski definition) is 3. The van der Waals surface area contributed by atoms with Crippen LogP contribution in [0, 0.1) is 11.7 Å². The van der Waals surface area contributed by atoms with Crippen molar-refractivity contribution in [2.24, 2.45) is 5.92 Å². The Kier molecular flexibility index (Phi) is 5.06. The number of benzene rings is 2. The molecular formula is C19H22FNO2. The van der Waals surface area contributed by atoms with Gasteiger partial charge in [0.2, 0.25) is 0 Å². The van der Waals surface area contributed by atoms with Gasteiger partial charge in [-0.15, -0.1) is 0 Å². The van der Waals surface area contributed by atoms with Gasteiger partial charge in [0.25, 0.3) is 0 Å². The summed E-state index contributed by atoms with van der Waals surface area (Å²) in [6, 6.07) is 16.4. The second kappa shape index (κ2) is 7.21. The van der Waals surface area contributed by atoms with E-state index in [4.69, 9.17) is 0 Å². The van der Waals surface area contributed by atoms with Crippen molar-refractivity contribution >= 4 is 0 Å². The van der Waals surface area contributed by atoms with Gasteiger partial charge in [0, 0.05) is 37.6 Å². The third-order valence-corrected chi connectivity index (χ3v) is 4.77. The minimum Gasteiger partial charge on any atom is -0.396 e. The van der Waals surface area contributed by atoms with E-state index in [0.717, 1.165) is 18.7 Å². The Morgan fingerprint density at radius 1 is 0.957 bits per heavy atom. The molecule has 1 fully saturated rings. The standard InChI is InChI=1S/C19H22FNO2/c20-17-8-6-15(7-9-17)19-16(12-22)11-21(18(19)13-23)10-14-4-2-1-3-5-14/h1-9,16,18-19,22-23H,10-13H2/t16-,18+,19-/m0/s1. The molecular weight excluding hydrogens is 293 g/mol. The van der Waals surface area contributed by atoms with Crippen molar-refractivity contribution in [1.82, 2.24) is 4.90 Å². The summed E-state index contributed by atoms with van der Waals surface area (Å²) in [6.45, 7) is 1.54. The van der Waals surface area contributed by atoms with Gasteiger partial charge in [-0.2, -0.15) is 0 Å². The number of aliphatic hydroxyl groups excluding tert-OH is 2. The molecule has 2 aromatic rings. The highest BCUT2D eigenvalue weighted by molar-refractivity contribution is 5.26. The van der Waals surface area contributed by atoms with E-state index in [0.29, 0.717) is 0 Å². The smallest absolute Gasteiger partial charge is 0.123 e. The van der Waals surface area contributed by atoms with Gasteiger partial charge in [0.05, 0.1) is 6.61 Å². The molecule has 0 bridgehead atoms. The van der Waals surface area contributed by atoms with Crippen molar-refractivity contribution in [2.75, 3.05) is 19.8 Å². The highest BCUT2D eigenvalue weighted by Crippen LogP contribution is 2.38. The molecule has 0 amide bonds. The van der Waals surface area contributed by atoms with Crippen LogP contribution in [0.15, 0.2) is 54.6 Å². The molecule has 1 saturated heterocycles. The summed E-state index contributed by atoms with van der Waals surface area (Å²) in [5.74, 6) is -0.218. The van der Waals surface area contributed by atoms with Crippen LogP contribution < -0.4 is 0 Å². The van der Waals surface area contributed by atoms with E-state index in [1.54, 1.807) is 12.1 Å². The van der Waals surface area contributed by atoms with Gasteiger partial charge in [-0.3, -0.25) is 4.90 Å². The lowest BCUT2D eigenvalue weighted by Crippen LogP contribution is -2.34. The lowest BCUT2D eigenvalue weighted by molar-refractivity contribution is 0.145. The molecule has 4 heteroatoms. The van der Waals surface area contributed by atoms with E-state index in [1.807, 2.05) is 18.2 Å². The Labute approximate surface area is 136 Å². The second-order valence-corrected chi connectivity index (χ2v) is 6.18. The third-order valence-electron chi connectivity index (χ3n) is 4.77. The molecule has 2 aromatic carbocycles. The van der Waals surface area contributed by atoms with Crippen LogP contribution in [0.2, 0.25) is 0 Å². The summed E-state index contributed by atoms with van der Waals surface area (Å²) in [4.78, 5) is 2.21. The van der Waals surface area contributed by atoms with Gasteiger partial charge >= 0.3 is 0 Å². The van der Waals surface area contributed by atoms with Crippen LogP contribution in [0.25, 0.3) is 0 Å². The quantitative estimate of drug-likeness (QED) is 0.890. The molecule has 122 valence electrons. The first kappa shape index (κ1) is 16.1. The monoisotopic (exact) mass is 315 g/mol. The second-order valence-electron chi connectivity index (χ2n) is 6.18. The Morgan fingerprint density at radius 2 is 1.65 bits per heavy atom. The molecule has 0 spiro atoms. The number of halogens is 1. The van der Waals surface area contributed by atoms with Gasteiger partial charge in [-0.1, -0.05) is 42.5 Å². The van der Waals surface area contributed by atoms with Crippen molar-refractivity contribution in [3.63, 3.8) is 0 Å². The van der Waals surface area contributed by atoms with Crippen LogP contribution in [0.4, 0.5) is 4.39 Å². The molecule has 3 atom stereocenters. The van der Waals surface area contributed by atoms with Gasteiger partial charge in [-0.05, 0) is 23.3 Å². The summed E-state index contributed by atoms with van der Waals surface area (Å²) in [5.41, 5.74) is 2.16. The highest BCUT2D eigenvalue weighted by atomic mass is 19.1. The molecule has 3 nitrogen and oxygen atoms in total. The Hall–Kier alpha value is -1.75. The summed E-state index contributed by atoms with van der Waals surface area (Å²) >= 11 is 0. The summed E-state index contributed by atoms with van der Waals surface area (Å²) in [7, 11) is 0. The van der Waals surface area contributed by atoms with Crippen LogP contribution in [-0.4, -0.2) is 40.9 Å². The molecule has 3 rings (SSSR count). The Morgan fingerprint density at radius 3 is 2.26 bits per heavy atom. The molecule has 0 unspecified atom stereocenters. The molecule has 1 heterocycles. The number of hydrogen-bond donors (Lipinski definition) is 2. The average Bonchev–Trinajstić information content (AvgIpc) is 2.94. The summed E-state index contributed by atoms with van der Waals surface area (Å²) in [6.07, 6.45) is 0. The Bertz CT molecular complexity index is 617. The number of nitrogens with zero attached hydrogens (tertiary/aromatic N) is 1. The zero-order valence-electron chi connectivity index (χ0n) is 13.0. The molecule has 1 aliphatic rings. The van der Waals surface area contributed by atoms with Crippen LogP contribution in [-0.2, 0) is 6.54 Å². The molecule has 23 heavy (non-hydrogen) atoms. The minimum absolute atomic E-state index is 0.00862. The van der Waals surface area contributed by atoms with E-state index in [1.165, 1.54) is 17.7 Å². The van der Waals surface area contributed by atoms with Crippen LogP contribution >= 0.6 is 0 Å². The van der Waals surface area contributed by atoms with E-state index in [2.05, 4.69) is 17.0 Å². The number of likely N-dealkylation sites (tertiary alicyclic amines) is 1. The fraction of sp³-hybridized carbons (Fsp3) is 0.368. The van der Waals surface area contributed by atoms with Crippen LogP contribution in [0.5, 0.6) is 0 Å². The van der Waals surface area contributed by atoms with Gasteiger partial charge in [0.1, 0.15) is 5.82 Å². The van der Waals surface area contributed by atoms with Crippen molar-refractivity contribution in [3.05, 3.63) is 71.5 Å². The van der Waals surface area contributed by atoms with Gasteiger partial charge in [0.15, 0.2) is 0 Å². The van der Waals surface area contributed by atoms with E-state index in [9.17, 15) is 14.6 Å². The topological polar surface area (TPSA) is 43.7 Å². The van der Waals surface area contributed by atoms with Crippen molar-refractivity contribution in [1.29, 1.82) is 0 Å². The van der Waals surface area contributed by atoms with Crippen LogP contribution in [0.3, 0.4) is 0 Å². The fourth-order valence-corrected chi connectivity index (χ4v) is 3.67. The SMILES string of the molecule is OC[C@@H]1CN(Cc2ccccc2)[C@H](CO)[C@H]1c1ccc(F)cc1. The summed E-state index contributed by atoms with van der Waals surface area (Å²) < 4.78 is 13.2. The predicted octanol–water partition coefficient (Wildman–Crippen LogP) is 2.39. The van der Waals surface area contributed by atoms with Crippen LogP contribution in [0.1, 0.15) is 17.0 Å². The lowest BCUT2D eigenvalue weighted by atomic mass is 9.85. The maximum absolute atomic E-state index is 13.2. The van der Waals surface area contributed by atoms with E-state index in [-0.39, 0.29) is 36.9 Å². The zero-order chi connectivity index (χ0) is 16.2. The lowest BCUT2D eigenvalue weighted by Gasteiger charge is -2.27.